The number of carbonyl (C=O) groups excluding carboxylic acids is 1. The number of thioether (sulfide) groups is 1. The van der Waals surface area contributed by atoms with Gasteiger partial charge in [-0.1, -0.05) is 36.7 Å². The van der Waals surface area contributed by atoms with Crippen molar-refractivity contribution in [2.45, 2.75) is 50.7 Å². The second-order valence-electron chi connectivity index (χ2n) is 7.43. The molecule has 1 saturated carbocycles. The van der Waals surface area contributed by atoms with E-state index in [0.717, 1.165) is 29.9 Å². The van der Waals surface area contributed by atoms with Gasteiger partial charge < -0.3 is 5.32 Å². The van der Waals surface area contributed by atoms with Crippen LogP contribution in [0.3, 0.4) is 0 Å². The summed E-state index contributed by atoms with van der Waals surface area (Å²) in [6.45, 7) is 4.19. The monoisotopic (exact) mass is 407 g/mol. The number of aromatic nitrogens is 4. The third-order valence-electron chi connectivity index (χ3n) is 5.44. The molecule has 0 aliphatic heterocycles. The summed E-state index contributed by atoms with van der Waals surface area (Å²) in [6, 6.07) is 10.4. The van der Waals surface area contributed by atoms with Crippen molar-refractivity contribution in [1.82, 2.24) is 25.1 Å². The minimum atomic E-state index is 0.0582. The lowest BCUT2D eigenvalue weighted by Gasteiger charge is -2.15. The molecule has 1 amide bonds. The van der Waals surface area contributed by atoms with Gasteiger partial charge in [0.1, 0.15) is 0 Å². The molecular formula is C22H25N5OS. The van der Waals surface area contributed by atoms with Crippen LogP contribution in [0.25, 0.3) is 17.1 Å². The van der Waals surface area contributed by atoms with Crippen LogP contribution in [0, 0.1) is 13.8 Å². The number of nitrogens with zero attached hydrogens (tertiary/aromatic N) is 4. The highest BCUT2D eigenvalue weighted by Gasteiger charge is 2.21. The molecule has 0 bridgehead atoms. The molecule has 29 heavy (non-hydrogen) atoms. The zero-order valence-corrected chi connectivity index (χ0v) is 17.6. The quantitative estimate of drug-likeness (QED) is 0.623. The highest BCUT2D eigenvalue weighted by molar-refractivity contribution is 7.99. The van der Waals surface area contributed by atoms with Gasteiger partial charge >= 0.3 is 0 Å². The fourth-order valence-corrected chi connectivity index (χ4v) is 4.47. The summed E-state index contributed by atoms with van der Waals surface area (Å²) in [4.78, 5) is 16.5. The van der Waals surface area contributed by atoms with Crippen LogP contribution >= 0.6 is 11.8 Å². The Kier molecular flexibility index (Phi) is 5.94. The van der Waals surface area contributed by atoms with Crippen molar-refractivity contribution >= 4 is 17.7 Å². The Morgan fingerprint density at radius 2 is 1.90 bits per heavy atom. The summed E-state index contributed by atoms with van der Waals surface area (Å²) in [7, 11) is 0. The lowest BCUT2D eigenvalue weighted by Crippen LogP contribution is -2.33. The van der Waals surface area contributed by atoms with Crippen LogP contribution in [-0.4, -0.2) is 37.5 Å². The van der Waals surface area contributed by atoms with Crippen LogP contribution < -0.4 is 5.32 Å². The highest BCUT2D eigenvalue weighted by atomic mass is 32.2. The maximum absolute atomic E-state index is 12.4. The SMILES string of the molecule is Cc1cccc(-n2c(SCC(=O)NC3CCCC3)nnc2-c2ccncc2)c1C. The molecule has 0 unspecified atom stereocenters. The average molecular weight is 408 g/mol. The summed E-state index contributed by atoms with van der Waals surface area (Å²) in [5.41, 5.74) is 4.34. The molecule has 0 radical (unpaired) electrons. The largest absolute Gasteiger partial charge is 0.353 e. The maximum Gasteiger partial charge on any atom is 0.230 e. The first kappa shape index (κ1) is 19.6. The summed E-state index contributed by atoms with van der Waals surface area (Å²) < 4.78 is 2.05. The van der Waals surface area contributed by atoms with Crippen LogP contribution in [0.4, 0.5) is 0 Å². The summed E-state index contributed by atoms with van der Waals surface area (Å²) in [5, 5.41) is 12.7. The van der Waals surface area contributed by atoms with Gasteiger partial charge in [0.25, 0.3) is 0 Å². The van der Waals surface area contributed by atoms with Gasteiger partial charge in [0.15, 0.2) is 11.0 Å². The minimum Gasteiger partial charge on any atom is -0.353 e. The number of rotatable bonds is 6. The molecular weight excluding hydrogens is 382 g/mol. The van der Waals surface area contributed by atoms with Gasteiger partial charge in [-0.15, -0.1) is 10.2 Å². The minimum absolute atomic E-state index is 0.0582. The molecule has 3 aromatic rings. The number of amides is 1. The highest BCUT2D eigenvalue weighted by Crippen LogP contribution is 2.30. The van der Waals surface area contributed by atoms with E-state index in [0.29, 0.717) is 17.0 Å². The van der Waals surface area contributed by atoms with Gasteiger partial charge in [0.2, 0.25) is 5.91 Å². The Labute approximate surface area is 175 Å². The van der Waals surface area contributed by atoms with Gasteiger partial charge in [0.05, 0.1) is 11.4 Å². The van der Waals surface area contributed by atoms with Crippen LogP contribution in [0.5, 0.6) is 0 Å². The number of hydrogen-bond acceptors (Lipinski definition) is 5. The Morgan fingerprint density at radius 3 is 2.66 bits per heavy atom. The van der Waals surface area contributed by atoms with E-state index < -0.39 is 0 Å². The first-order valence-electron chi connectivity index (χ1n) is 9.98. The summed E-state index contributed by atoms with van der Waals surface area (Å²) >= 11 is 1.43. The van der Waals surface area contributed by atoms with E-state index in [2.05, 4.69) is 46.5 Å². The number of benzene rings is 1. The molecule has 0 saturated heterocycles. The van der Waals surface area contributed by atoms with Gasteiger partial charge in [-0.05, 0) is 56.0 Å². The van der Waals surface area contributed by atoms with Crippen molar-refractivity contribution < 1.29 is 4.79 Å². The van der Waals surface area contributed by atoms with E-state index >= 15 is 0 Å². The Bertz CT molecular complexity index is 996. The third kappa shape index (κ3) is 4.34. The predicted molar refractivity (Wildman–Crippen MR) is 115 cm³/mol. The summed E-state index contributed by atoms with van der Waals surface area (Å²) in [6.07, 6.45) is 8.07. The van der Waals surface area contributed by atoms with E-state index in [-0.39, 0.29) is 5.91 Å². The zero-order chi connectivity index (χ0) is 20.2. The van der Waals surface area contributed by atoms with E-state index in [1.165, 1.54) is 35.7 Å². The maximum atomic E-state index is 12.4. The van der Waals surface area contributed by atoms with E-state index in [1.54, 1.807) is 12.4 Å². The van der Waals surface area contributed by atoms with Crippen molar-refractivity contribution in [2.75, 3.05) is 5.75 Å². The van der Waals surface area contributed by atoms with Crippen molar-refractivity contribution in [3.63, 3.8) is 0 Å². The van der Waals surface area contributed by atoms with Crippen LogP contribution in [-0.2, 0) is 4.79 Å². The molecule has 2 aromatic heterocycles. The molecule has 1 aliphatic rings. The van der Waals surface area contributed by atoms with Gasteiger partial charge in [-0.3, -0.25) is 14.3 Å². The Morgan fingerprint density at radius 1 is 1.14 bits per heavy atom. The van der Waals surface area contributed by atoms with Gasteiger partial charge in [-0.25, -0.2) is 0 Å². The molecule has 1 aromatic carbocycles. The normalized spacial score (nSPS) is 14.3. The Hall–Kier alpha value is -2.67. The van der Waals surface area contributed by atoms with E-state index in [4.69, 9.17) is 0 Å². The van der Waals surface area contributed by atoms with Crippen molar-refractivity contribution in [1.29, 1.82) is 0 Å². The van der Waals surface area contributed by atoms with Crippen LogP contribution in [0.2, 0.25) is 0 Å². The molecule has 0 spiro atoms. The topological polar surface area (TPSA) is 72.7 Å². The van der Waals surface area contributed by atoms with Crippen molar-refractivity contribution in [3.05, 3.63) is 53.9 Å². The second kappa shape index (κ2) is 8.78. The lowest BCUT2D eigenvalue weighted by molar-refractivity contribution is -0.119. The number of carbonyl (C=O) groups is 1. The number of nitrogens with one attached hydrogen (secondary N) is 1. The lowest BCUT2D eigenvalue weighted by atomic mass is 10.1. The molecule has 6 nitrogen and oxygen atoms in total. The predicted octanol–water partition coefficient (Wildman–Crippen LogP) is 4.10. The first-order chi connectivity index (χ1) is 14.1. The molecule has 4 rings (SSSR count). The van der Waals surface area contributed by atoms with E-state index in [9.17, 15) is 4.79 Å². The molecule has 7 heteroatoms. The van der Waals surface area contributed by atoms with Gasteiger partial charge in [0, 0.05) is 24.0 Å². The fraction of sp³-hybridized carbons (Fsp3) is 0.364. The Balaban J connectivity index is 1.64. The molecule has 1 aliphatic carbocycles. The smallest absolute Gasteiger partial charge is 0.230 e. The molecule has 1 fully saturated rings. The molecule has 0 atom stereocenters. The molecule has 1 N–H and O–H groups in total. The zero-order valence-electron chi connectivity index (χ0n) is 16.8. The molecule has 150 valence electrons. The second-order valence-corrected chi connectivity index (χ2v) is 8.38. The third-order valence-corrected chi connectivity index (χ3v) is 6.37. The van der Waals surface area contributed by atoms with E-state index in [1.807, 2.05) is 22.8 Å². The van der Waals surface area contributed by atoms with Crippen molar-refractivity contribution in [3.8, 4) is 17.1 Å². The standard InChI is InChI=1S/C22H25N5OS/c1-15-6-5-9-19(16(15)2)27-21(17-10-12-23-13-11-17)25-26-22(27)29-14-20(28)24-18-7-3-4-8-18/h5-6,9-13,18H,3-4,7-8,14H2,1-2H3,(H,24,28). The first-order valence-corrected chi connectivity index (χ1v) is 11.0. The number of hydrogen-bond donors (Lipinski definition) is 1. The average Bonchev–Trinajstić information content (AvgIpc) is 3.39. The molecule has 2 heterocycles. The summed E-state index contributed by atoms with van der Waals surface area (Å²) in [5.74, 6) is 1.14. The van der Waals surface area contributed by atoms with Crippen LogP contribution in [0.15, 0.2) is 47.9 Å². The number of aryl methyl sites for hydroxylation is 1. The number of pyridine rings is 1. The van der Waals surface area contributed by atoms with Crippen molar-refractivity contribution in [2.24, 2.45) is 0 Å². The van der Waals surface area contributed by atoms with Crippen LogP contribution in [0.1, 0.15) is 36.8 Å². The van der Waals surface area contributed by atoms with Gasteiger partial charge in [-0.2, -0.15) is 0 Å². The fourth-order valence-electron chi connectivity index (χ4n) is 3.72.